The average Bonchev–Trinajstić information content (AvgIpc) is 2.72. The number of hydrogen-bond acceptors (Lipinski definition) is 3. The van der Waals surface area contributed by atoms with Crippen LogP contribution in [0.2, 0.25) is 5.02 Å². The Morgan fingerprint density at radius 1 is 1.55 bits per heavy atom. The number of hydrogen-bond donors (Lipinski definition) is 2. The highest BCUT2D eigenvalue weighted by Crippen LogP contribution is 2.38. The van der Waals surface area contributed by atoms with Crippen molar-refractivity contribution in [3.05, 3.63) is 35.4 Å². The topological polar surface area (TPSA) is 44.4 Å². The summed E-state index contributed by atoms with van der Waals surface area (Å²) in [7, 11) is 1.77. The zero-order chi connectivity index (χ0) is 14.7. The molecule has 0 fully saturated rings. The molecule has 4 nitrogen and oxygen atoms in total. The van der Waals surface area contributed by atoms with Crippen LogP contribution in [0.15, 0.2) is 24.8 Å². The second-order valence-corrected chi connectivity index (χ2v) is 5.24. The van der Waals surface area contributed by atoms with Gasteiger partial charge in [0.1, 0.15) is 6.04 Å². The van der Waals surface area contributed by atoms with Crippen LogP contribution in [0.3, 0.4) is 0 Å². The molecule has 0 saturated heterocycles. The molecule has 20 heavy (non-hydrogen) atoms. The fourth-order valence-electron chi connectivity index (χ4n) is 2.54. The van der Waals surface area contributed by atoms with Gasteiger partial charge < -0.3 is 15.5 Å². The quantitative estimate of drug-likeness (QED) is 0.793. The van der Waals surface area contributed by atoms with Gasteiger partial charge in [0.05, 0.1) is 10.7 Å². The van der Waals surface area contributed by atoms with Crippen LogP contribution in [0, 0.1) is 0 Å². The lowest BCUT2D eigenvalue weighted by molar-refractivity contribution is -0.117. The van der Waals surface area contributed by atoms with Crippen molar-refractivity contribution in [2.45, 2.75) is 19.4 Å². The highest BCUT2D eigenvalue weighted by molar-refractivity contribution is 6.33. The Hall–Kier alpha value is -1.52. The van der Waals surface area contributed by atoms with Crippen LogP contribution in [-0.4, -0.2) is 26.0 Å². The molecule has 0 radical (unpaired) electrons. The highest BCUT2D eigenvalue weighted by Gasteiger charge is 2.30. The van der Waals surface area contributed by atoms with E-state index in [1.807, 2.05) is 18.2 Å². The number of nitrogens with one attached hydrogen (secondary N) is 2. The average molecular weight is 294 g/mol. The molecule has 1 unspecified atom stereocenters. The molecule has 2 rings (SSSR count). The van der Waals surface area contributed by atoms with Gasteiger partial charge in [-0.25, -0.2) is 0 Å². The molecule has 5 heteroatoms. The van der Waals surface area contributed by atoms with E-state index >= 15 is 0 Å². The van der Waals surface area contributed by atoms with Gasteiger partial charge in [0, 0.05) is 24.3 Å². The lowest BCUT2D eigenvalue weighted by atomic mass is 10.1. The first-order valence-electron chi connectivity index (χ1n) is 6.79. The Labute approximate surface area is 124 Å². The van der Waals surface area contributed by atoms with Crippen molar-refractivity contribution in [1.82, 2.24) is 5.32 Å². The first-order chi connectivity index (χ1) is 9.62. The highest BCUT2D eigenvalue weighted by atomic mass is 35.5. The fraction of sp³-hybridized carbons (Fsp3) is 0.400. The SMILES string of the molecule is C=CCN(CCC)c1cc2c(cc1Cl)C(NC)C(=O)N2. The number of likely N-dealkylation sites (N-methyl/N-ethyl adjacent to an activating group) is 1. The summed E-state index contributed by atoms with van der Waals surface area (Å²) < 4.78 is 0. The number of carbonyl (C=O) groups is 1. The smallest absolute Gasteiger partial charge is 0.246 e. The van der Waals surface area contributed by atoms with E-state index in [2.05, 4.69) is 29.0 Å². The number of carbonyl (C=O) groups excluding carboxylic acids is 1. The third kappa shape index (κ3) is 2.67. The van der Waals surface area contributed by atoms with E-state index in [1.165, 1.54) is 0 Å². The predicted octanol–water partition coefficient (Wildman–Crippen LogP) is 2.96. The molecule has 0 saturated carbocycles. The molecular weight excluding hydrogens is 274 g/mol. The Bertz CT molecular complexity index is 530. The van der Waals surface area contributed by atoms with Gasteiger partial charge in [0.25, 0.3) is 0 Å². The summed E-state index contributed by atoms with van der Waals surface area (Å²) in [6.07, 6.45) is 2.88. The number of nitrogens with zero attached hydrogens (tertiary/aromatic N) is 1. The van der Waals surface area contributed by atoms with Crippen molar-refractivity contribution in [1.29, 1.82) is 0 Å². The second kappa shape index (κ2) is 6.29. The maximum absolute atomic E-state index is 11.9. The molecule has 0 aliphatic carbocycles. The van der Waals surface area contributed by atoms with Gasteiger partial charge >= 0.3 is 0 Å². The van der Waals surface area contributed by atoms with E-state index in [9.17, 15) is 4.79 Å². The lowest BCUT2D eigenvalue weighted by Crippen LogP contribution is -2.24. The van der Waals surface area contributed by atoms with Crippen molar-refractivity contribution >= 4 is 28.9 Å². The maximum atomic E-state index is 11.9. The fourth-order valence-corrected chi connectivity index (χ4v) is 2.83. The number of benzene rings is 1. The minimum atomic E-state index is -0.324. The molecule has 1 aliphatic heterocycles. The van der Waals surface area contributed by atoms with Gasteiger partial charge in [0.15, 0.2) is 0 Å². The molecule has 1 aliphatic rings. The van der Waals surface area contributed by atoms with Crippen LogP contribution in [0.25, 0.3) is 0 Å². The number of halogens is 1. The summed E-state index contributed by atoms with van der Waals surface area (Å²) in [5.74, 6) is -0.0403. The number of rotatable bonds is 6. The Balaban J connectivity index is 2.40. The molecule has 1 aromatic rings. The van der Waals surface area contributed by atoms with E-state index in [-0.39, 0.29) is 11.9 Å². The molecule has 0 spiro atoms. The number of amides is 1. The zero-order valence-electron chi connectivity index (χ0n) is 11.9. The largest absolute Gasteiger partial charge is 0.367 e. The number of anilines is 2. The lowest BCUT2D eigenvalue weighted by Gasteiger charge is -2.24. The van der Waals surface area contributed by atoms with Gasteiger partial charge in [-0.2, -0.15) is 0 Å². The third-order valence-corrected chi connectivity index (χ3v) is 3.73. The summed E-state index contributed by atoms with van der Waals surface area (Å²) in [5.41, 5.74) is 2.67. The Morgan fingerprint density at radius 3 is 2.90 bits per heavy atom. The summed E-state index contributed by atoms with van der Waals surface area (Å²) in [5, 5.41) is 6.55. The molecule has 0 aromatic heterocycles. The standard InChI is InChI=1S/C15H20ClN3O/c1-4-6-19(7-5-2)13-9-12-10(8-11(13)16)14(17-3)15(20)18-12/h4,8-9,14,17H,1,5-7H2,2-3H3,(H,18,20). The normalized spacial score (nSPS) is 16.8. The molecule has 0 bridgehead atoms. The van der Waals surface area contributed by atoms with Crippen molar-refractivity contribution in [2.75, 3.05) is 30.4 Å². The summed E-state index contributed by atoms with van der Waals surface area (Å²) >= 11 is 6.40. The molecule has 1 amide bonds. The summed E-state index contributed by atoms with van der Waals surface area (Å²) in [6.45, 7) is 7.53. The van der Waals surface area contributed by atoms with E-state index in [1.54, 1.807) is 7.05 Å². The van der Waals surface area contributed by atoms with Gasteiger partial charge in [-0.1, -0.05) is 24.6 Å². The molecular formula is C15H20ClN3O. The molecule has 1 heterocycles. The van der Waals surface area contributed by atoms with Gasteiger partial charge in [0.2, 0.25) is 5.91 Å². The summed E-state index contributed by atoms with van der Waals surface area (Å²) in [4.78, 5) is 14.0. The number of fused-ring (bicyclic) bond motifs is 1. The van der Waals surface area contributed by atoms with Crippen molar-refractivity contribution in [3.8, 4) is 0 Å². The first-order valence-corrected chi connectivity index (χ1v) is 7.17. The minimum Gasteiger partial charge on any atom is -0.367 e. The van der Waals surface area contributed by atoms with Crippen LogP contribution in [-0.2, 0) is 4.79 Å². The van der Waals surface area contributed by atoms with E-state index in [0.717, 1.165) is 36.4 Å². The third-order valence-electron chi connectivity index (χ3n) is 3.42. The first kappa shape index (κ1) is 14.9. The van der Waals surface area contributed by atoms with Crippen LogP contribution in [0.1, 0.15) is 24.9 Å². The molecule has 108 valence electrons. The maximum Gasteiger partial charge on any atom is 0.246 e. The van der Waals surface area contributed by atoms with E-state index in [4.69, 9.17) is 11.6 Å². The molecule has 1 aromatic carbocycles. The second-order valence-electron chi connectivity index (χ2n) is 4.84. The Kier molecular flexibility index (Phi) is 4.68. The van der Waals surface area contributed by atoms with Crippen molar-refractivity contribution in [2.24, 2.45) is 0 Å². The van der Waals surface area contributed by atoms with E-state index < -0.39 is 0 Å². The van der Waals surface area contributed by atoms with Crippen molar-refractivity contribution in [3.63, 3.8) is 0 Å². The Morgan fingerprint density at radius 2 is 2.30 bits per heavy atom. The molecule has 1 atom stereocenters. The summed E-state index contributed by atoms with van der Waals surface area (Å²) in [6, 6.07) is 3.50. The van der Waals surface area contributed by atoms with E-state index in [0.29, 0.717) is 5.02 Å². The monoisotopic (exact) mass is 293 g/mol. The minimum absolute atomic E-state index is 0.0403. The zero-order valence-corrected chi connectivity index (χ0v) is 12.6. The van der Waals surface area contributed by atoms with Crippen LogP contribution >= 0.6 is 11.6 Å². The van der Waals surface area contributed by atoms with Crippen LogP contribution in [0.5, 0.6) is 0 Å². The van der Waals surface area contributed by atoms with Crippen molar-refractivity contribution < 1.29 is 4.79 Å². The predicted molar refractivity (Wildman–Crippen MR) is 84.6 cm³/mol. The van der Waals surface area contributed by atoms with Crippen LogP contribution in [0.4, 0.5) is 11.4 Å². The molecule has 2 N–H and O–H groups in total. The van der Waals surface area contributed by atoms with Gasteiger partial charge in [-0.15, -0.1) is 6.58 Å². The van der Waals surface area contributed by atoms with Gasteiger partial charge in [-0.05, 0) is 25.6 Å². The van der Waals surface area contributed by atoms with Gasteiger partial charge in [-0.3, -0.25) is 4.79 Å². The van der Waals surface area contributed by atoms with Crippen LogP contribution < -0.4 is 15.5 Å².